The minimum Gasteiger partial charge on any atom is -0.390 e. The molecule has 1 saturated carbocycles. The fourth-order valence-corrected chi connectivity index (χ4v) is 1.78. The predicted octanol–water partition coefficient (Wildman–Crippen LogP) is 0.774. The molecule has 0 heterocycles. The lowest BCUT2D eigenvalue weighted by Gasteiger charge is -2.13. The van der Waals surface area contributed by atoms with Gasteiger partial charge in [-0.1, -0.05) is 20.3 Å². The van der Waals surface area contributed by atoms with Gasteiger partial charge in [-0.15, -0.1) is 0 Å². The van der Waals surface area contributed by atoms with Crippen LogP contribution in [0.3, 0.4) is 0 Å². The molecular formula is C8H16O2. The normalized spacial score (nSPS) is 48.0. The van der Waals surface area contributed by atoms with Crippen molar-refractivity contribution in [3.63, 3.8) is 0 Å². The van der Waals surface area contributed by atoms with Gasteiger partial charge in [0.25, 0.3) is 0 Å². The molecule has 0 amide bonds. The van der Waals surface area contributed by atoms with Crippen LogP contribution < -0.4 is 0 Å². The van der Waals surface area contributed by atoms with Crippen molar-refractivity contribution in [2.24, 2.45) is 11.8 Å². The van der Waals surface area contributed by atoms with E-state index < -0.39 is 12.2 Å². The van der Waals surface area contributed by atoms with E-state index in [9.17, 15) is 10.2 Å². The summed E-state index contributed by atoms with van der Waals surface area (Å²) < 4.78 is 0. The summed E-state index contributed by atoms with van der Waals surface area (Å²) in [4.78, 5) is 0. The highest BCUT2D eigenvalue weighted by molar-refractivity contribution is 4.87. The Morgan fingerprint density at radius 2 is 1.90 bits per heavy atom. The van der Waals surface area contributed by atoms with Gasteiger partial charge in [-0.2, -0.15) is 0 Å². The molecule has 0 aromatic heterocycles. The van der Waals surface area contributed by atoms with Gasteiger partial charge in [0, 0.05) is 0 Å². The molecule has 2 N–H and O–H groups in total. The second-order valence-electron chi connectivity index (χ2n) is 3.36. The lowest BCUT2D eigenvalue weighted by atomic mass is 10.0. The highest BCUT2D eigenvalue weighted by Crippen LogP contribution is 2.32. The molecule has 0 saturated heterocycles. The largest absolute Gasteiger partial charge is 0.390 e. The van der Waals surface area contributed by atoms with Crippen LogP contribution in [-0.2, 0) is 0 Å². The predicted molar refractivity (Wildman–Crippen MR) is 39.6 cm³/mol. The lowest BCUT2D eigenvalue weighted by molar-refractivity contribution is 0.00625. The number of hydrogen-bond donors (Lipinski definition) is 2. The molecule has 2 heteroatoms. The minimum atomic E-state index is -0.482. The molecule has 0 unspecified atom stereocenters. The van der Waals surface area contributed by atoms with E-state index in [2.05, 4.69) is 6.92 Å². The second kappa shape index (κ2) is 2.89. The van der Waals surface area contributed by atoms with Gasteiger partial charge in [0.2, 0.25) is 0 Å². The third-order valence-electron chi connectivity index (χ3n) is 2.61. The third kappa shape index (κ3) is 1.18. The van der Waals surface area contributed by atoms with Crippen LogP contribution in [0, 0.1) is 11.8 Å². The summed E-state index contributed by atoms with van der Waals surface area (Å²) in [6.07, 6.45) is 0.992. The molecule has 60 valence electrons. The summed E-state index contributed by atoms with van der Waals surface area (Å²) in [6.45, 7) is 4.04. The van der Waals surface area contributed by atoms with Crippen molar-refractivity contribution in [1.29, 1.82) is 0 Å². The van der Waals surface area contributed by atoms with E-state index in [0.717, 1.165) is 12.8 Å². The summed E-state index contributed by atoms with van der Waals surface area (Å²) >= 11 is 0. The Hall–Kier alpha value is -0.0800. The Balaban J connectivity index is 2.53. The molecule has 1 fully saturated rings. The molecule has 10 heavy (non-hydrogen) atoms. The van der Waals surface area contributed by atoms with Gasteiger partial charge in [0.05, 0.1) is 12.2 Å². The van der Waals surface area contributed by atoms with Crippen LogP contribution in [0.25, 0.3) is 0 Å². The quantitative estimate of drug-likeness (QED) is 0.570. The average Bonchev–Trinajstić information content (AvgIpc) is 2.17. The van der Waals surface area contributed by atoms with Crippen LogP contribution in [0.15, 0.2) is 0 Å². The topological polar surface area (TPSA) is 40.5 Å². The number of rotatable bonds is 1. The van der Waals surface area contributed by atoms with Crippen LogP contribution in [0.4, 0.5) is 0 Å². The summed E-state index contributed by atoms with van der Waals surface area (Å²) in [7, 11) is 0. The molecule has 1 aliphatic carbocycles. The molecule has 0 aromatic rings. The van der Waals surface area contributed by atoms with Gasteiger partial charge < -0.3 is 10.2 Å². The van der Waals surface area contributed by atoms with E-state index in [1.807, 2.05) is 6.92 Å². The van der Waals surface area contributed by atoms with E-state index in [1.54, 1.807) is 0 Å². The average molecular weight is 144 g/mol. The second-order valence-corrected chi connectivity index (χ2v) is 3.36. The molecule has 0 aliphatic heterocycles. The Kier molecular flexibility index (Phi) is 2.32. The van der Waals surface area contributed by atoms with Gasteiger partial charge >= 0.3 is 0 Å². The van der Waals surface area contributed by atoms with Gasteiger partial charge in [-0.3, -0.25) is 0 Å². The maximum Gasteiger partial charge on any atom is 0.0829 e. The smallest absolute Gasteiger partial charge is 0.0829 e. The van der Waals surface area contributed by atoms with Gasteiger partial charge in [0.1, 0.15) is 0 Å². The summed E-state index contributed by atoms with van der Waals surface area (Å²) in [5.41, 5.74) is 0. The molecule has 0 spiro atoms. The summed E-state index contributed by atoms with van der Waals surface area (Å²) in [5.74, 6) is 0.602. The maximum absolute atomic E-state index is 9.38. The molecule has 4 atom stereocenters. The fourth-order valence-electron chi connectivity index (χ4n) is 1.78. The Morgan fingerprint density at radius 1 is 1.30 bits per heavy atom. The van der Waals surface area contributed by atoms with E-state index in [4.69, 9.17) is 0 Å². The van der Waals surface area contributed by atoms with Crippen LogP contribution >= 0.6 is 0 Å². The highest BCUT2D eigenvalue weighted by Gasteiger charge is 2.37. The van der Waals surface area contributed by atoms with Crippen molar-refractivity contribution in [1.82, 2.24) is 0 Å². The fraction of sp³-hybridized carbons (Fsp3) is 1.00. The number of hydrogen-bond acceptors (Lipinski definition) is 2. The molecule has 1 aliphatic rings. The van der Waals surface area contributed by atoms with E-state index in [0.29, 0.717) is 5.92 Å². The van der Waals surface area contributed by atoms with E-state index in [1.165, 1.54) is 0 Å². The van der Waals surface area contributed by atoms with Gasteiger partial charge in [-0.05, 0) is 18.3 Å². The van der Waals surface area contributed by atoms with Gasteiger partial charge in [0.15, 0.2) is 0 Å². The first-order valence-electron chi connectivity index (χ1n) is 4.03. The Bertz CT molecular complexity index is 114. The van der Waals surface area contributed by atoms with Crippen LogP contribution in [-0.4, -0.2) is 22.4 Å². The first-order valence-corrected chi connectivity index (χ1v) is 4.03. The first kappa shape index (κ1) is 8.02. The zero-order chi connectivity index (χ0) is 7.72. The standard InChI is InChI=1S/C8H16O2/c1-3-6-4-5(2)7(9)8(6)10/h5-10H,3-4H2,1-2H3/t5-,6+,7+,8-/m1/s1. The Morgan fingerprint density at radius 3 is 2.10 bits per heavy atom. The third-order valence-corrected chi connectivity index (χ3v) is 2.61. The van der Waals surface area contributed by atoms with Crippen molar-refractivity contribution < 1.29 is 10.2 Å². The molecule has 0 bridgehead atoms. The van der Waals surface area contributed by atoms with Crippen LogP contribution in [0.1, 0.15) is 26.7 Å². The van der Waals surface area contributed by atoms with Crippen molar-refractivity contribution >= 4 is 0 Å². The molecule has 2 nitrogen and oxygen atoms in total. The van der Waals surface area contributed by atoms with Gasteiger partial charge in [-0.25, -0.2) is 0 Å². The SMILES string of the molecule is CC[C@H]1C[C@@H](C)[C@H](O)[C@@H]1O. The minimum absolute atomic E-state index is 0.278. The zero-order valence-corrected chi connectivity index (χ0v) is 6.62. The Labute approximate surface area is 61.9 Å². The lowest BCUT2D eigenvalue weighted by Crippen LogP contribution is -2.26. The first-order chi connectivity index (χ1) is 4.66. The van der Waals surface area contributed by atoms with Crippen molar-refractivity contribution in [2.75, 3.05) is 0 Å². The zero-order valence-electron chi connectivity index (χ0n) is 6.62. The van der Waals surface area contributed by atoms with Crippen LogP contribution in [0.5, 0.6) is 0 Å². The van der Waals surface area contributed by atoms with E-state index >= 15 is 0 Å². The summed E-state index contributed by atoms with van der Waals surface area (Å²) in [6, 6.07) is 0. The van der Waals surface area contributed by atoms with E-state index in [-0.39, 0.29) is 5.92 Å². The van der Waals surface area contributed by atoms with Crippen molar-refractivity contribution in [3.05, 3.63) is 0 Å². The van der Waals surface area contributed by atoms with Crippen molar-refractivity contribution in [3.8, 4) is 0 Å². The molecule has 0 aromatic carbocycles. The summed E-state index contributed by atoms with van der Waals surface area (Å²) in [5, 5.41) is 18.7. The maximum atomic E-state index is 9.38. The van der Waals surface area contributed by atoms with Crippen LogP contribution in [0.2, 0.25) is 0 Å². The molecule has 0 radical (unpaired) electrons. The highest BCUT2D eigenvalue weighted by atomic mass is 16.3. The molecule has 1 rings (SSSR count). The monoisotopic (exact) mass is 144 g/mol. The number of aliphatic hydroxyl groups is 2. The molecular weight excluding hydrogens is 128 g/mol. The van der Waals surface area contributed by atoms with Crippen molar-refractivity contribution in [2.45, 2.75) is 38.9 Å². The number of aliphatic hydroxyl groups excluding tert-OH is 2.